The minimum atomic E-state index is -1.07. The van der Waals surface area contributed by atoms with Gasteiger partial charge in [-0.2, -0.15) is 0 Å². The van der Waals surface area contributed by atoms with Crippen LogP contribution >= 0.6 is 0 Å². The standard InChI is InChI=1S/C28H30N2O5/c31-25(30-28(26(32)33)10-5-11-28)17-12-16-14-24(22(16)13-17)29-27(34)35-15-23-20-8-3-1-6-18(20)19-7-2-4-9-21(19)23/h1-4,6-9,16-17,22-24H,5,10-15H2,(H,29,34)(H,30,31)(H,32,33)/t16-,17?,22-,24+/m0/s1. The van der Waals surface area contributed by atoms with E-state index in [-0.39, 0.29) is 36.3 Å². The Morgan fingerprint density at radius 3 is 2.20 bits per heavy atom. The number of amides is 2. The van der Waals surface area contributed by atoms with Crippen LogP contribution in [0.4, 0.5) is 4.79 Å². The highest BCUT2D eigenvalue weighted by atomic mass is 16.5. The Morgan fingerprint density at radius 2 is 1.60 bits per heavy atom. The first kappa shape index (κ1) is 22.1. The van der Waals surface area contributed by atoms with Crippen molar-refractivity contribution in [3.63, 3.8) is 0 Å². The fourth-order valence-corrected chi connectivity index (χ4v) is 6.66. The largest absolute Gasteiger partial charge is 0.480 e. The molecule has 0 radical (unpaired) electrons. The summed E-state index contributed by atoms with van der Waals surface area (Å²) in [5.74, 6) is -0.611. The third-order valence-electron chi connectivity index (χ3n) is 8.82. The molecule has 0 aromatic heterocycles. The Labute approximate surface area is 204 Å². The summed E-state index contributed by atoms with van der Waals surface area (Å²) in [5, 5.41) is 15.3. The zero-order chi connectivity index (χ0) is 24.2. The number of hydrogen-bond acceptors (Lipinski definition) is 4. The van der Waals surface area contributed by atoms with Gasteiger partial charge in [-0.1, -0.05) is 48.5 Å². The van der Waals surface area contributed by atoms with Crippen LogP contribution in [0, 0.1) is 17.8 Å². The molecule has 4 atom stereocenters. The van der Waals surface area contributed by atoms with Gasteiger partial charge in [0.15, 0.2) is 0 Å². The SMILES string of the molecule is O=C(N[C@@H]1C[C@@H]2CC(C(=O)NC3(C(=O)O)CCC3)C[C@@H]21)OCC1c2ccccc2-c2ccccc21. The van der Waals surface area contributed by atoms with E-state index in [0.717, 1.165) is 19.3 Å². The van der Waals surface area contributed by atoms with Crippen LogP contribution in [0.5, 0.6) is 0 Å². The highest BCUT2D eigenvalue weighted by molar-refractivity contribution is 5.89. The number of carbonyl (C=O) groups excluding carboxylic acids is 2. The molecule has 0 saturated heterocycles. The molecule has 3 N–H and O–H groups in total. The van der Waals surface area contributed by atoms with Crippen LogP contribution in [0.1, 0.15) is 55.6 Å². The van der Waals surface area contributed by atoms with E-state index in [1.807, 2.05) is 24.3 Å². The van der Waals surface area contributed by atoms with Crippen molar-refractivity contribution < 1.29 is 24.2 Å². The first-order valence-corrected chi connectivity index (χ1v) is 12.6. The lowest BCUT2D eigenvalue weighted by atomic mass is 9.71. The minimum Gasteiger partial charge on any atom is -0.480 e. The van der Waals surface area contributed by atoms with Gasteiger partial charge in [0.25, 0.3) is 0 Å². The number of aliphatic carboxylic acids is 1. The summed E-state index contributed by atoms with van der Waals surface area (Å²) >= 11 is 0. The molecule has 4 aliphatic rings. The van der Waals surface area contributed by atoms with Gasteiger partial charge in [0, 0.05) is 17.9 Å². The number of fused-ring (bicyclic) bond motifs is 4. The molecule has 4 aliphatic carbocycles. The summed E-state index contributed by atoms with van der Waals surface area (Å²) in [5.41, 5.74) is 3.68. The van der Waals surface area contributed by atoms with Gasteiger partial charge >= 0.3 is 12.1 Å². The normalized spacial score (nSPS) is 27.4. The zero-order valence-corrected chi connectivity index (χ0v) is 19.5. The molecule has 0 bridgehead atoms. The second-order valence-corrected chi connectivity index (χ2v) is 10.6. The molecule has 0 heterocycles. The molecular formula is C28H30N2O5. The predicted molar refractivity (Wildman–Crippen MR) is 129 cm³/mol. The van der Waals surface area contributed by atoms with Crippen molar-refractivity contribution in [3.05, 3.63) is 59.7 Å². The maximum absolute atomic E-state index is 12.8. The molecule has 182 valence electrons. The lowest BCUT2D eigenvalue weighted by Gasteiger charge is -2.40. The summed E-state index contributed by atoms with van der Waals surface area (Å²) in [4.78, 5) is 37.0. The zero-order valence-electron chi connectivity index (χ0n) is 19.5. The molecule has 7 heteroatoms. The van der Waals surface area contributed by atoms with E-state index in [0.29, 0.717) is 25.2 Å². The van der Waals surface area contributed by atoms with Crippen LogP contribution < -0.4 is 10.6 Å². The third-order valence-corrected chi connectivity index (χ3v) is 8.82. The van der Waals surface area contributed by atoms with Crippen molar-refractivity contribution in [2.24, 2.45) is 17.8 Å². The molecule has 0 aliphatic heterocycles. The van der Waals surface area contributed by atoms with Crippen LogP contribution in [0.3, 0.4) is 0 Å². The van der Waals surface area contributed by atoms with Crippen LogP contribution in [0.25, 0.3) is 11.1 Å². The van der Waals surface area contributed by atoms with Crippen LogP contribution in [0.2, 0.25) is 0 Å². The molecule has 2 amide bonds. The number of benzene rings is 2. The van der Waals surface area contributed by atoms with Gasteiger partial charge in [0.1, 0.15) is 12.1 Å². The molecule has 1 unspecified atom stereocenters. The van der Waals surface area contributed by atoms with Gasteiger partial charge in [0.2, 0.25) is 5.91 Å². The van der Waals surface area contributed by atoms with E-state index in [1.165, 1.54) is 22.3 Å². The highest BCUT2D eigenvalue weighted by Crippen LogP contribution is 2.50. The number of rotatable bonds is 6. The predicted octanol–water partition coefficient (Wildman–Crippen LogP) is 4.06. The quantitative estimate of drug-likeness (QED) is 0.586. The second-order valence-electron chi connectivity index (χ2n) is 10.6. The Balaban J connectivity index is 1.03. The first-order chi connectivity index (χ1) is 16.9. The Morgan fingerprint density at radius 1 is 0.943 bits per heavy atom. The minimum absolute atomic E-state index is 0.00517. The van der Waals surface area contributed by atoms with Gasteiger partial charge in [-0.25, -0.2) is 9.59 Å². The van der Waals surface area contributed by atoms with Crippen LogP contribution in [0.15, 0.2) is 48.5 Å². The number of hydrogen-bond donors (Lipinski definition) is 3. The molecule has 7 nitrogen and oxygen atoms in total. The Bertz CT molecular complexity index is 1140. The lowest BCUT2D eigenvalue weighted by Crippen LogP contribution is -2.60. The topological polar surface area (TPSA) is 105 Å². The number of carboxylic acid groups (broad SMARTS) is 1. The first-order valence-electron chi connectivity index (χ1n) is 12.6. The van der Waals surface area contributed by atoms with Gasteiger partial charge in [-0.15, -0.1) is 0 Å². The van der Waals surface area contributed by atoms with E-state index in [9.17, 15) is 19.5 Å². The average Bonchev–Trinajstić information content (AvgIpc) is 3.33. The van der Waals surface area contributed by atoms with Crippen molar-refractivity contribution in [2.45, 2.75) is 56.0 Å². The van der Waals surface area contributed by atoms with Gasteiger partial charge < -0.3 is 20.5 Å². The third kappa shape index (κ3) is 3.68. The summed E-state index contributed by atoms with van der Waals surface area (Å²) in [7, 11) is 0. The molecule has 3 saturated carbocycles. The van der Waals surface area contributed by atoms with E-state index in [1.54, 1.807) is 0 Å². The monoisotopic (exact) mass is 474 g/mol. The maximum atomic E-state index is 12.8. The number of nitrogens with one attached hydrogen (secondary N) is 2. The molecule has 35 heavy (non-hydrogen) atoms. The fourth-order valence-electron chi connectivity index (χ4n) is 6.66. The van der Waals surface area contributed by atoms with Crippen LogP contribution in [-0.4, -0.2) is 41.3 Å². The lowest BCUT2D eigenvalue weighted by molar-refractivity contribution is -0.152. The Kier molecular flexibility index (Phi) is 5.31. The summed E-state index contributed by atoms with van der Waals surface area (Å²) in [6, 6.07) is 16.5. The number of carboxylic acids is 1. The average molecular weight is 475 g/mol. The van der Waals surface area contributed by atoms with E-state index in [2.05, 4.69) is 34.9 Å². The van der Waals surface area contributed by atoms with Crippen LogP contribution in [-0.2, 0) is 14.3 Å². The van der Waals surface area contributed by atoms with Crippen molar-refractivity contribution >= 4 is 18.0 Å². The molecule has 6 rings (SSSR count). The Hall–Kier alpha value is -3.35. The molecule has 2 aromatic rings. The van der Waals surface area contributed by atoms with Crippen molar-refractivity contribution in [1.82, 2.24) is 10.6 Å². The molecule has 0 spiro atoms. The van der Waals surface area contributed by atoms with Gasteiger partial charge in [0.05, 0.1) is 0 Å². The van der Waals surface area contributed by atoms with Gasteiger partial charge in [-0.05, 0) is 72.6 Å². The summed E-state index contributed by atoms with van der Waals surface area (Å²) < 4.78 is 5.69. The molecular weight excluding hydrogens is 444 g/mol. The number of carbonyl (C=O) groups is 3. The van der Waals surface area contributed by atoms with Crippen molar-refractivity contribution in [1.29, 1.82) is 0 Å². The van der Waals surface area contributed by atoms with Gasteiger partial charge in [-0.3, -0.25) is 4.79 Å². The summed E-state index contributed by atoms with van der Waals surface area (Å²) in [6.45, 7) is 0.281. The van der Waals surface area contributed by atoms with E-state index in [4.69, 9.17) is 4.74 Å². The van der Waals surface area contributed by atoms with Crippen molar-refractivity contribution in [2.75, 3.05) is 6.61 Å². The second kappa shape index (κ2) is 8.40. The van der Waals surface area contributed by atoms with E-state index < -0.39 is 17.6 Å². The summed E-state index contributed by atoms with van der Waals surface area (Å²) in [6.07, 6.45) is 3.69. The molecule has 3 fully saturated rings. The van der Waals surface area contributed by atoms with E-state index >= 15 is 0 Å². The smallest absolute Gasteiger partial charge is 0.407 e. The highest BCUT2D eigenvalue weighted by Gasteiger charge is 2.52. The maximum Gasteiger partial charge on any atom is 0.407 e. The fraction of sp³-hybridized carbons (Fsp3) is 0.464. The van der Waals surface area contributed by atoms with Crippen molar-refractivity contribution in [3.8, 4) is 11.1 Å². The molecule has 2 aromatic carbocycles. The number of ether oxygens (including phenoxy) is 1. The number of alkyl carbamates (subject to hydrolysis) is 1.